The van der Waals surface area contributed by atoms with E-state index in [0.717, 1.165) is 17.1 Å². The Bertz CT molecular complexity index is 1320. The van der Waals surface area contributed by atoms with Crippen LogP contribution in [-0.4, -0.2) is 37.6 Å². The van der Waals surface area contributed by atoms with Crippen molar-refractivity contribution in [1.82, 2.24) is 10.0 Å². The van der Waals surface area contributed by atoms with E-state index in [0.29, 0.717) is 10.6 Å². The molecule has 3 amide bonds. The molecular weight excluding hydrogens is 432 g/mol. The number of benzene rings is 3. The fourth-order valence-electron chi connectivity index (χ4n) is 3.52. The molecule has 11 nitrogen and oxygen atoms in total. The van der Waals surface area contributed by atoms with Crippen LogP contribution in [0.15, 0.2) is 72.8 Å². The predicted molar refractivity (Wildman–Crippen MR) is 113 cm³/mol. The lowest BCUT2D eigenvalue weighted by Gasteiger charge is -2.30. The quantitative estimate of drug-likeness (QED) is 0.321. The van der Waals surface area contributed by atoms with E-state index < -0.39 is 38.8 Å². The zero-order valence-electron chi connectivity index (χ0n) is 16.8. The Labute approximate surface area is 185 Å². The van der Waals surface area contributed by atoms with E-state index in [4.69, 9.17) is 0 Å². The topological polar surface area (TPSA) is 144 Å². The molecule has 0 spiro atoms. The highest BCUT2D eigenvalue weighted by atomic mass is 16.6. The van der Waals surface area contributed by atoms with Crippen molar-refractivity contribution in [3.8, 4) is 0 Å². The van der Waals surface area contributed by atoms with Crippen LogP contribution in [0.2, 0.25) is 0 Å². The number of nitrogens with zero attached hydrogens (tertiary/aromatic N) is 4. The maximum atomic E-state index is 13.4. The number of hydrogen-bond acceptors (Lipinski definition) is 7. The molecule has 0 radical (unpaired) electrons. The summed E-state index contributed by atoms with van der Waals surface area (Å²) >= 11 is 0. The highest BCUT2D eigenvalue weighted by molar-refractivity contribution is 6.23. The summed E-state index contributed by atoms with van der Waals surface area (Å²) in [7, 11) is 0. The van der Waals surface area contributed by atoms with Crippen LogP contribution in [0.3, 0.4) is 0 Å². The number of fused-ring (bicyclic) bond motifs is 1. The first-order valence-corrected chi connectivity index (χ1v) is 9.56. The highest BCUT2D eigenvalue weighted by Crippen LogP contribution is 2.33. The van der Waals surface area contributed by atoms with Crippen LogP contribution in [0.4, 0.5) is 11.4 Å². The number of nitro groups is 2. The first kappa shape index (κ1) is 21.3. The summed E-state index contributed by atoms with van der Waals surface area (Å²) in [4.78, 5) is 60.8. The van der Waals surface area contributed by atoms with Crippen molar-refractivity contribution in [3.05, 3.63) is 115 Å². The van der Waals surface area contributed by atoms with Crippen LogP contribution >= 0.6 is 0 Å². The first-order chi connectivity index (χ1) is 15.8. The standard InChI is InChI=1S/C22H14N4O7/c27-20(15-8-4-9-16(12-15)25(30)31)23(13-14-6-2-1-3-7-14)24-21(28)17-10-5-11-18(26(32)33)19(17)22(24)29/h1-12H,13H2. The van der Waals surface area contributed by atoms with E-state index in [9.17, 15) is 34.6 Å². The largest absolute Gasteiger partial charge is 0.287 e. The van der Waals surface area contributed by atoms with Gasteiger partial charge < -0.3 is 0 Å². The normalized spacial score (nSPS) is 12.4. The Hall–Kier alpha value is -4.93. The number of carbonyl (C=O) groups is 3. The predicted octanol–water partition coefficient (Wildman–Crippen LogP) is 3.36. The molecule has 0 saturated carbocycles. The molecule has 11 heteroatoms. The first-order valence-electron chi connectivity index (χ1n) is 9.56. The number of nitro benzene ring substituents is 2. The molecule has 0 atom stereocenters. The van der Waals surface area contributed by atoms with Gasteiger partial charge in [-0.05, 0) is 17.7 Å². The maximum Gasteiger partial charge on any atom is 0.287 e. The molecule has 4 rings (SSSR count). The van der Waals surface area contributed by atoms with Gasteiger partial charge in [-0.1, -0.05) is 42.5 Å². The van der Waals surface area contributed by atoms with Crippen molar-refractivity contribution in [3.63, 3.8) is 0 Å². The molecule has 33 heavy (non-hydrogen) atoms. The summed E-state index contributed by atoms with van der Waals surface area (Å²) in [6.07, 6.45) is 0. The van der Waals surface area contributed by atoms with Crippen molar-refractivity contribution >= 4 is 29.1 Å². The SMILES string of the molecule is O=C(c1cccc([N+](=O)[O-])c1)N(Cc1ccccc1)N1C(=O)c2cccc([N+](=O)[O-])c2C1=O. The minimum absolute atomic E-state index is 0.133. The molecule has 164 valence electrons. The third-order valence-electron chi connectivity index (χ3n) is 5.02. The molecule has 0 saturated heterocycles. The van der Waals surface area contributed by atoms with Gasteiger partial charge in [-0.15, -0.1) is 0 Å². The molecule has 1 heterocycles. The van der Waals surface area contributed by atoms with Gasteiger partial charge in [0.1, 0.15) is 5.56 Å². The number of hydrazine groups is 1. The zero-order valence-corrected chi connectivity index (χ0v) is 16.8. The third kappa shape index (κ3) is 3.78. The lowest BCUT2D eigenvalue weighted by atomic mass is 10.1. The molecule has 0 fully saturated rings. The lowest BCUT2D eigenvalue weighted by Crippen LogP contribution is -2.49. The summed E-state index contributed by atoms with van der Waals surface area (Å²) in [5, 5.41) is 23.9. The van der Waals surface area contributed by atoms with E-state index in [2.05, 4.69) is 0 Å². The second kappa shape index (κ2) is 8.30. The molecule has 0 unspecified atom stereocenters. The van der Waals surface area contributed by atoms with Gasteiger partial charge in [-0.2, -0.15) is 5.01 Å². The van der Waals surface area contributed by atoms with Crippen molar-refractivity contribution in [2.24, 2.45) is 0 Å². The Morgan fingerprint density at radius 3 is 2.21 bits per heavy atom. The number of imide groups is 1. The van der Waals surface area contributed by atoms with Gasteiger partial charge in [-0.25, -0.2) is 5.01 Å². The maximum absolute atomic E-state index is 13.4. The van der Waals surface area contributed by atoms with Crippen LogP contribution in [0, 0.1) is 20.2 Å². The zero-order chi connectivity index (χ0) is 23.7. The molecule has 0 N–H and O–H groups in total. The molecule has 3 aromatic carbocycles. The third-order valence-corrected chi connectivity index (χ3v) is 5.02. The van der Waals surface area contributed by atoms with Crippen molar-refractivity contribution < 1.29 is 24.2 Å². The second-order valence-electron chi connectivity index (χ2n) is 7.03. The molecule has 3 aromatic rings. The minimum Gasteiger partial charge on any atom is -0.267 e. The summed E-state index contributed by atoms with van der Waals surface area (Å²) in [6, 6.07) is 16.9. The number of amides is 3. The van der Waals surface area contributed by atoms with Crippen LogP contribution in [0.5, 0.6) is 0 Å². The summed E-state index contributed by atoms with van der Waals surface area (Å²) in [5.41, 5.74) is -1.11. The van der Waals surface area contributed by atoms with Crippen molar-refractivity contribution in [2.45, 2.75) is 6.54 Å². The molecular formula is C22H14N4O7. The van der Waals surface area contributed by atoms with Gasteiger partial charge in [0, 0.05) is 23.8 Å². The van der Waals surface area contributed by atoms with E-state index >= 15 is 0 Å². The van der Waals surface area contributed by atoms with E-state index in [1.54, 1.807) is 30.3 Å². The summed E-state index contributed by atoms with van der Waals surface area (Å²) in [5.74, 6) is -2.80. The van der Waals surface area contributed by atoms with E-state index in [1.807, 2.05) is 0 Å². The Balaban J connectivity index is 1.81. The average Bonchev–Trinajstić information content (AvgIpc) is 3.07. The smallest absolute Gasteiger partial charge is 0.267 e. The van der Waals surface area contributed by atoms with Gasteiger partial charge in [0.05, 0.1) is 22.0 Å². The average molecular weight is 446 g/mol. The van der Waals surface area contributed by atoms with E-state index in [-0.39, 0.29) is 23.4 Å². The Morgan fingerprint density at radius 2 is 1.55 bits per heavy atom. The van der Waals surface area contributed by atoms with Crippen molar-refractivity contribution in [2.75, 3.05) is 0 Å². The fraction of sp³-hybridized carbons (Fsp3) is 0.0455. The minimum atomic E-state index is -1.03. The Morgan fingerprint density at radius 1 is 0.848 bits per heavy atom. The van der Waals surface area contributed by atoms with Gasteiger partial charge in [-0.3, -0.25) is 34.6 Å². The van der Waals surface area contributed by atoms with Crippen LogP contribution in [-0.2, 0) is 6.54 Å². The molecule has 1 aliphatic heterocycles. The number of carbonyl (C=O) groups excluding carboxylic acids is 3. The Kier molecular flexibility index (Phi) is 5.36. The van der Waals surface area contributed by atoms with Crippen molar-refractivity contribution in [1.29, 1.82) is 0 Å². The summed E-state index contributed by atoms with van der Waals surface area (Å²) < 4.78 is 0. The van der Waals surface area contributed by atoms with Crippen LogP contribution < -0.4 is 0 Å². The number of non-ortho nitro benzene ring substituents is 1. The van der Waals surface area contributed by atoms with Gasteiger partial charge in [0.25, 0.3) is 29.1 Å². The van der Waals surface area contributed by atoms with Gasteiger partial charge >= 0.3 is 0 Å². The molecule has 0 aromatic heterocycles. The molecule has 0 bridgehead atoms. The monoisotopic (exact) mass is 446 g/mol. The number of hydrogen-bond donors (Lipinski definition) is 0. The molecule has 0 aliphatic carbocycles. The van der Waals surface area contributed by atoms with Gasteiger partial charge in [0.2, 0.25) is 0 Å². The van der Waals surface area contributed by atoms with E-state index in [1.165, 1.54) is 30.3 Å². The van der Waals surface area contributed by atoms with Crippen LogP contribution in [0.1, 0.15) is 36.6 Å². The number of rotatable bonds is 6. The fourth-order valence-corrected chi connectivity index (χ4v) is 3.52. The second-order valence-corrected chi connectivity index (χ2v) is 7.03. The summed E-state index contributed by atoms with van der Waals surface area (Å²) in [6.45, 7) is -0.234. The van der Waals surface area contributed by atoms with Gasteiger partial charge in [0.15, 0.2) is 0 Å². The molecule has 1 aliphatic rings. The van der Waals surface area contributed by atoms with Crippen LogP contribution in [0.25, 0.3) is 0 Å². The highest BCUT2D eigenvalue weighted by Gasteiger charge is 2.45. The lowest BCUT2D eigenvalue weighted by molar-refractivity contribution is -0.385.